The van der Waals surface area contributed by atoms with Crippen molar-refractivity contribution in [2.75, 3.05) is 24.5 Å². The fourth-order valence-electron chi connectivity index (χ4n) is 3.07. The zero-order valence-corrected chi connectivity index (χ0v) is 19.5. The van der Waals surface area contributed by atoms with Crippen molar-refractivity contribution in [1.82, 2.24) is 15.6 Å². The van der Waals surface area contributed by atoms with Crippen molar-refractivity contribution in [2.24, 2.45) is 4.99 Å². The molecule has 1 aliphatic rings. The van der Waals surface area contributed by atoms with Crippen LogP contribution in [0.2, 0.25) is 5.02 Å². The number of halogens is 2. The monoisotopic (exact) mass is 517 g/mol. The zero-order valence-electron chi connectivity index (χ0n) is 16.4. The summed E-state index contributed by atoms with van der Waals surface area (Å²) in [5.41, 5.74) is 0. The fourth-order valence-corrected chi connectivity index (χ4v) is 3.32. The maximum Gasteiger partial charge on any atom is 0.191 e. The van der Waals surface area contributed by atoms with Crippen molar-refractivity contribution >= 4 is 47.4 Å². The third kappa shape index (κ3) is 6.55. The number of hydrogen-bond donors (Lipinski definition) is 2. The number of aliphatic imine (C=N–C) groups is 1. The number of anilines is 1. The summed E-state index contributed by atoms with van der Waals surface area (Å²) in [5.74, 6) is 2.67. The van der Waals surface area contributed by atoms with Gasteiger partial charge in [0.15, 0.2) is 5.96 Å². The van der Waals surface area contributed by atoms with E-state index in [1.54, 1.807) is 12.5 Å². The Bertz CT molecular complexity index is 740. The Kier molecular flexibility index (Phi) is 9.37. The second-order valence-electron chi connectivity index (χ2n) is 6.90. The molecule has 0 spiro atoms. The quantitative estimate of drug-likeness (QED) is 0.329. The second kappa shape index (κ2) is 11.5. The van der Waals surface area contributed by atoms with Crippen molar-refractivity contribution in [3.05, 3.63) is 47.5 Å². The minimum Gasteiger partial charge on any atom is -0.469 e. The predicted octanol–water partition coefficient (Wildman–Crippen LogP) is 4.10. The number of rotatable bonds is 7. The summed E-state index contributed by atoms with van der Waals surface area (Å²) in [6.45, 7) is 6.80. The van der Waals surface area contributed by atoms with Crippen molar-refractivity contribution in [3.63, 3.8) is 0 Å². The molecule has 2 aromatic rings. The summed E-state index contributed by atoms with van der Waals surface area (Å²) >= 11 is 6.29. The van der Waals surface area contributed by atoms with Gasteiger partial charge in [-0.3, -0.25) is 4.99 Å². The minimum atomic E-state index is 0. The lowest BCUT2D eigenvalue weighted by Gasteiger charge is -2.22. The van der Waals surface area contributed by atoms with Crippen LogP contribution in [0.5, 0.6) is 0 Å². The van der Waals surface area contributed by atoms with Gasteiger partial charge in [-0.2, -0.15) is 0 Å². The van der Waals surface area contributed by atoms with E-state index in [1.807, 2.05) is 24.3 Å². The van der Waals surface area contributed by atoms with Crippen LogP contribution in [0.15, 0.2) is 46.1 Å². The van der Waals surface area contributed by atoms with Gasteiger partial charge < -0.3 is 20.0 Å². The van der Waals surface area contributed by atoms with Crippen LogP contribution >= 0.6 is 35.6 Å². The first-order valence-electron chi connectivity index (χ1n) is 9.61. The molecule has 1 aliphatic heterocycles. The normalized spacial score (nSPS) is 17.9. The van der Waals surface area contributed by atoms with Gasteiger partial charge in [0, 0.05) is 44.3 Å². The Labute approximate surface area is 189 Å². The highest BCUT2D eigenvalue weighted by atomic mass is 127. The molecule has 8 heteroatoms. The zero-order chi connectivity index (χ0) is 19.1. The van der Waals surface area contributed by atoms with Gasteiger partial charge in [-0.1, -0.05) is 18.5 Å². The Balaban J connectivity index is 0.00000280. The standard InChI is InChI=1S/C20H28ClN5O.HI/c1-3-15(2)24-20(23-11-8-17-6-5-13-27-17)25-16-9-12-26(14-16)19-18(21)7-4-10-22-19;/h4-7,10,13,15-16H,3,8-9,11-12,14H2,1-2H3,(H2,23,24,25);1H. The van der Waals surface area contributed by atoms with Crippen molar-refractivity contribution in [2.45, 2.75) is 45.2 Å². The molecule has 28 heavy (non-hydrogen) atoms. The molecule has 0 saturated carbocycles. The largest absolute Gasteiger partial charge is 0.469 e. The first-order valence-corrected chi connectivity index (χ1v) is 9.99. The van der Waals surface area contributed by atoms with Crippen LogP contribution < -0.4 is 15.5 Å². The first kappa shape index (κ1) is 22.8. The lowest BCUT2D eigenvalue weighted by Crippen LogP contribution is -2.47. The van der Waals surface area contributed by atoms with E-state index < -0.39 is 0 Å². The number of nitrogens with one attached hydrogen (secondary N) is 2. The average molecular weight is 518 g/mol. The smallest absolute Gasteiger partial charge is 0.191 e. The van der Waals surface area contributed by atoms with E-state index in [2.05, 4.69) is 34.4 Å². The van der Waals surface area contributed by atoms with Gasteiger partial charge in [0.1, 0.15) is 11.6 Å². The molecule has 2 atom stereocenters. The first-order chi connectivity index (χ1) is 13.2. The molecule has 0 amide bonds. The molecular weight excluding hydrogens is 489 g/mol. The summed E-state index contributed by atoms with van der Waals surface area (Å²) < 4.78 is 5.39. The van der Waals surface area contributed by atoms with Gasteiger partial charge in [-0.25, -0.2) is 4.98 Å². The number of furan rings is 1. The molecule has 2 aromatic heterocycles. The van der Waals surface area contributed by atoms with Gasteiger partial charge in [0.25, 0.3) is 0 Å². The molecule has 2 N–H and O–H groups in total. The van der Waals surface area contributed by atoms with E-state index in [1.165, 1.54) is 0 Å². The number of aromatic nitrogens is 1. The topological polar surface area (TPSA) is 65.7 Å². The van der Waals surface area contributed by atoms with Crippen LogP contribution in [0.1, 0.15) is 32.4 Å². The SMILES string of the molecule is CCC(C)NC(=NCCc1ccco1)NC1CCN(c2ncccc2Cl)C1.I. The molecule has 0 aromatic carbocycles. The highest BCUT2D eigenvalue weighted by Crippen LogP contribution is 2.25. The number of nitrogens with zero attached hydrogens (tertiary/aromatic N) is 3. The van der Waals surface area contributed by atoms with Crippen LogP contribution in [0.3, 0.4) is 0 Å². The minimum absolute atomic E-state index is 0. The number of pyridine rings is 1. The van der Waals surface area contributed by atoms with Crippen molar-refractivity contribution in [1.29, 1.82) is 0 Å². The Morgan fingerprint density at radius 3 is 3.00 bits per heavy atom. The molecule has 154 valence electrons. The van der Waals surface area contributed by atoms with Gasteiger partial charge in [0.2, 0.25) is 0 Å². The molecule has 0 bridgehead atoms. The molecule has 1 saturated heterocycles. The predicted molar refractivity (Wildman–Crippen MR) is 126 cm³/mol. The van der Waals surface area contributed by atoms with Gasteiger partial charge in [-0.15, -0.1) is 24.0 Å². The fraction of sp³-hybridized carbons (Fsp3) is 0.500. The molecule has 3 rings (SSSR count). The second-order valence-corrected chi connectivity index (χ2v) is 7.31. The highest BCUT2D eigenvalue weighted by molar-refractivity contribution is 14.0. The van der Waals surface area contributed by atoms with Crippen LogP contribution in [0.25, 0.3) is 0 Å². The summed E-state index contributed by atoms with van der Waals surface area (Å²) in [6, 6.07) is 8.31. The van der Waals surface area contributed by atoms with Crippen LogP contribution in [0, 0.1) is 0 Å². The maximum absolute atomic E-state index is 6.29. The van der Waals surface area contributed by atoms with Gasteiger partial charge in [-0.05, 0) is 44.0 Å². The summed E-state index contributed by atoms with van der Waals surface area (Å²) in [4.78, 5) is 11.4. The molecule has 6 nitrogen and oxygen atoms in total. The summed E-state index contributed by atoms with van der Waals surface area (Å²) in [6.07, 6.45) is 6.34. The lowest BCUT2D eigenvalue weighted by molar-refractivity contribution is 0.510. The van der Waals surface area contributed by atoms with E-state index >= 15 is 0 Å². The molecule has 0 radical (unpaired) electrons. The molecular formula is C20H29ClIN5O. The summed E-state index contributed by atoms with van der Waals surface area (Å²) in [5, 5.41) is 7.76. The highest BCUT2D eigenvalue weighted by Gasteiger charge is 2.25. The van der Waals surface area contributed by atoms with Crippen LogP contribution in [-0.4, -0.2) is 42.7 Å². The van der Waals surface area contributed by atoms with E-state index in [0.29, 0.717) is 23.7 Å². The van der Waals surface area contributed by atoms with Crippen molar-refractivity contribution < 1.29 is 4.42 Å². The average Bonchev–Trinajstić information content (AvgIpc) is 3.34. The summed E-state index contributed by atoms with van der Waals surface area (Å²) in [7, 11) is 0. The lowest BCUT2D eigenvalue weighted by atomic mass is 10.2. The number of guanidine groups is 1. The van der Waals surface area contributed by atoms with Crippen LogP contribution in [-0.2, 0) is 6.42 Å². The van der Waals surface area contributed by atoms with E-state index in [4.69, 9.17) is 21.0 Å². The molecule has 2 unspecified atom stereocenters. The van der Waals surface area contributed by atoms with Crippen molar-refractivity contribution in [3.8, 4) is 0 Å². The third-order valence-corrected chi connectivity index (χ3v) is 5.07. The Hall–Kier alpha value is -1.48. The molecule has 0 aliphatic carbocycles. The maximum atomic E-state index is 6.29. The Morgan fingerprint density at radius 1 is 1.43 bits per heavy atom. The van der Waals surface area contributed by atoms with E-state index in [-0.39, 0.29) is 24.0 Å². The number of hydrogen-bond acceptors (Lipinski definition) is 4. The van der Waals surface area contributed by atoms with E-state index in [0.717, 1.165) is 49.9 Å². The van der Waals surface area contributed by atoms with Gasteiger partial charge >= 0.3 is 0 Å². The molecule has 1 fully saturated rings. The third-order valence-electron chi connectivity index (χ3n) is 4.77. The van der Waals surface area contributed by atoms with Gasteiger partial charge in [0.05, 0.1) is 11.3 Å². The van der Waals surface area contributed by atoms with Crippen LogP contribution in [0.4, 0.5) is 5.82 Å². The molecule has 3 heterocycles. The van der Waals surface area contributed by atoms with E-state index in [9.17, 15) is 0 Å². The Morgan fingerprint density at radius 2 is 2.29 bits per heavy atom.